The molecule has 0 heterocycles. The molecule has 2 aromatic rings. The molecule has 0 spiro atoms. The number of aryl methyl sites for hydroxylation is 2. The molecule has 0 fully saturated rings. The number of benzene rings is 2. The van der Waals surface area contributed by atoms with E-state index in [9.17, 15) is 12.8 Å². The predicted molar refractivity (Wildman–Crippen MR) is 83.4 cm³/mol. The van der Waals surface area contributed by atoms with Gasteiger partial charge in [0.05, 0.1) is 9.37 Å². The lowest BCUT2D eigenvalue weighted by Crippen LogP contribution is -2.13. The fourth-order valence-corrected chi connectivity index (χ4v) is 3.80. The Morgan fingerprint density at radius 2 is 1.81 bits per heavy atom. The van der Waals surface area contributed by atoms with E-state index in [-0.39, 0.29) is 9.37 Å². The smallest absolute Gasteiger partial charge is 0.261 e. The summed E-state index contributed by atoms with van der Waals surface area (Å²) in [7, 11) is -3.78. The van der Waals surface area contributed by atoms with Gasteiger partial charge in [0.1, 0.15) is 5.82 Å². The van der Waals surface area contributed by atoms with E-state index >= 15 is 0 Å². The van der Waals surface area contributed by atoms with Crippen molar-refractivity contribution in [2.75, 3.05) is 4.72 Å². The molecule has 0 amide bonds. The van der Waals surface area contributed by atoms with Gasteiger partial charge in [-0.1, -0.05) is 6.07 Å². The van der Waals surface area contributed by atoms with Crippen LogP contribution in [-0.4, -0.2) is 8.42 Å². The average molecular weight is 370 g/mol. The predicted octanol–water partition coefficient (Wildman–Crippen LogP) is 3.88. The van der Waals surface area contributed by atoms with Gasteiger partial charge in [-0.2, -0.15) is 0 Å². The molecular formula is C15H13BrFNO2S. The number of hydrogen-bond acceptors (Lipinski definition) is 2. The van der Waals surface area contributed by atoms with Crippen molar-refractivity contribution >= 4 is 31.6 Å². The van der Waals surface area contributed by atoms with E-state index in [1.54, 1.807) is 6.07 Å². The van der Waals surface area contributed by atoms with E-state index < -0.39 is 15.8 Å². The van der Waals surface area contributed by atoms with Gasteiger partial charge in [-0.05, 0) is 76.7 Å². The van der Waals surface area contributed by atoms with Gasteiger partial charge in [0, 0.05) is 5.69 Å². The van der Waals surface area contributed by atoms with Crippen LogP contribution in [0.1, 0.15) is 17.5 Å². The van der Waals surface area contributed by atoms with Crippen molar-refractivity contribution < 1.29 is 12.8 Å². The number of rotatable bonds is 3. The molecule has 0 saturated heterocycles. The highest BCUT2D eigenvalue weighted by molar-refractivity contribution is 9.10. The number of halogens is 2. The topological polar surface area (TPSA) is 46.2 Å². The van der Waals surface area contributed by atoms with Gasteiger partial charge in [0.2, 0.25) is 0 Å². The Morgan fingerprint density at radius 3 is 2.57 bits per heavy atom. The van der Waals surface area contributed by atoms with Crippen LogP contribution in [0.4, 0.5) is 10.1 Å². The van der Waals surface area contributed by atoms with Gasteiger partial charge < -0.3 is 0 Å². The van der Waals surface area contributed by atoms with Crippen molar-refractivity contribution in [3.63, 3.8) is 0 Å². The van der Waals surface area contributed by atoms with Gasteiger partial charge in [-0.25, -0.2) is 12.8 Å². The molecule has 0 aliphatic heterocycles. The molecule has 1 N–H and O–H groups in total. The second-order valence-corrected chi connectivity index (χ2v) is 7.56. The van der Waals surface area contributed by atoms with Crippen LogP contribution >= 0.6 is 15.9 Å². The summed E-state index contributed by atoms with van der Waals surface area (Å²) in [5.41, 5.74) is 2.96. The lowest BCUT2D eigenvalue weighted by atomic mass is 10.1. The number of anilines is 1. The van der Waals surface area contributed by atoms with Gasteiger partial charge in [-0.15, -0.1) is 0 Å². The van der Waals surface area contributed by atoms with Crippen LogP contribution < -0.4 is 4.72 Å². The van der Waals surface area contributed by atoms with Crippen LogP contribution in [0.2, 0.25) is 0 Å². The molecule has 3 nitrogen and oxygen atoms in total. The van der Waals surface area contributed by atoms with Crippen molar-refractivity contribution in [2.24, 2.45) is 0 Å². The molecule has 110 valence electrons. The van der Waals surface area contributed by atoms with Crippen LogP contribution in [0.25, 0.3) is 0 Å². The zero-order chi connectivity index (χ0) is 15.0. The molecule has 0 saturated carbocycles. The lowest BCUT2D eigenvalue weighted by molar-refractivity contribution is 0.593. The summed E-state index contributed by atoms with van der Waals surface area (Å²) in [6.07, 6.45) is 3.11. The minimum Gasteiger partial charge on any atom is -0.280 e. The first-order valence-electron chi connectivity index (χ1n) is 6.55. The van der Waals surface area contributed by atoms with Gasteiger partial charge >= 0.3 is 0 Å². The fraction of sp³-hybridized carbons (Fsp3) is 0.200. The lowest BCUT2D eigenvalue weighted by Gasteiger charge is -2.10. The first-order valence-corrected chi connectivity index (χ1v) is 8.83. The van der Waals surface area contributed by atoms with Crippen LogP contribution in [-0.2, 0) is 22.9 Å². The van der Waals surface area contributed by atoms with E-state index in [0.717, 1.165) is 25.3 Å². The highest BCUT2D eigenvalue weighted by Crippen LogP contribution is 2.27. The maximum atomic E-state index is 13.5. The molecule has 0 bridgehead atoms. The molecule has 0 unspecified atom stereocenters. The summed E-state index contributed by atoms with van der Waals surface area (Å²) >= 11 is 3.01. The highest BCUT2D eigenvalue weighted by Gasteiger charge is 2.17. The Morgan fingerprint density at radius 1 is 1.05 bits per heavy atom. The molecule has 0 aromatic heterocycles. The summed E-state index contributed by atoms with van der Waals surface area (Å²) in [4.78, 5) is -0.0938. The molecular weight excluding hydrogens is 357 g/mol. The minimum atomic E-state index is -3.78. The van der Waals surface area contributed by atoms with E-state index in [2.05, 4.69) is 20.7 Å². The van der Waals surface area contributed by atoms with E-state index in [1.165, 1.54) is 23.3 Å². The van der Waals surface area contributed by atoms with Crippen LogP contribution in [0, 0.1) is 5.82 Å². The third kappa shape index (κ3) is 2.96. The SMILES string of the molecule is O=S(=O)(Nc1ccc2c(c1)CCC2)c1ccc(Br)c(F)c1. The fourth-order valence-electron chi connectivity index (χ4n) is 2.49. The van der Waals surface area contributed by atoms with Gasteiger partial charge in [-0.3, -0.25) is 4.72 Å². The normalized spacial score (nSPS) is 14.0. The Hall–Kier alpha value is -1.40. The van der Waals surface area contributed by atoms with Gasteiger partial charge in [0.25, 0.3) is 10.0 Å². The van der Waals surface area contributed by atoms with Crippen molar-refractivity contribution in [1.29, 1.82) is 0 Å². The average Bonchev–Trinajstić information content (AvgIpc) is 2.88. The van der Waals surface area contributed by atoms with Crippen LogP contribution in [0.3, 0.4) is 0 Å². The van der Waals surface area contributed by atoms with Crippen LogP contribution in [0.5, 0.6) is 0 Å². The summed E-state index contributed by atoms with van der Waals surface area (Å²) in [6.45, 7) is 0. The Labute approximate surface area is 131 Å². The standard InChI is InChI=1S/C15H13BrFNO2S/c16-14-7-6-13(9-15(14)17)21(19,20)18-12-5-4-10-2-1-3-11(10)8-12/h4-9,18H,1-3H2. The third-order valence-electron chi connectivity index (χ3n) is 3.55. The third-order valence-corrected chi connectivity index (χ3v) is 5.57. The maximum Gasteiger partial charge on any atom is 0.261 e. The summed E-state index contributed by atoms with van der Waals surface area (Å²) < 4.78 is 40.8. The Balaban J connectivity index is 1.90. The number of fused-ring (bicyclic) bond motifs is 1. The number of hydrogen-bond donors (Lipinski definition) is 1. The maximum absolute atomic E-state index is 13.5. The summed E-state index contributed by atoms with van der Waals surface area (Å²) in [5, 5.41) is 0. The molecule has 0 radical (unpaired) electrons. The van der Waals surface area contributed by atoms with Crippen molar-refractivity contribution in [3.05, 3.63) is 57.8 Å². The second kappa shape index (κ2) is 5.42. The quantitative estimate of drug-likeness (QED) is 0.892. The van der Waals surface area contributed by atoms with Crippen molar-refractivity contribution in [1.82, 2.24) is 0 Å². The molecule has 3 rings (SSSR count). The molecule has 0 atom stereocenters. The van der Waals surface area contributed by atoms with E-state index in [1.807, 2.05) is 12.1 Å². The van der Waals surface area contributed by atoms with Gasteiger partial charge in [0.15, 0.2) is 0 Å². The van der Waals surface area contributed by atoms with E-state index in [0.29, 0.717) is 5.69 Å². The number of sulfonamides is 1. The first-order chi connectivity index (χ1) is 9.95. The molecule has 1 aliphatic rings. The zero-order valence-electron chi connectivity index (χ0n) is 11.1. The molecule has 1 aliphatic carbocycles. The minimum absolute atomic E-state index is 0.0938. The van der Waals surface area contributed by atoms with E-state index in [4.69, 9.17) is 0 Å². The number of nitrogens with one attached hydrogen (secondary N) is 1. The molecule has 2 aromatic carbocycles. The first kappa shape index (κ1) is 14.5. The molecule has 21 heavy (non-hydrogen) atoms. The zero-order valence-corrected chi connectivity index (χ0v) is 13.5. The largest absolute Gasteiger partial charge is 0.280 e. The molecule has 6 heteroatoms. The monoisotopic (exact) mass is 369 g/mol. The Kier molecular flexibility index (Phi) is 3.75. The highest BCUT2D eigenvalue weighted by atomic mass is 79.9. The summed E-state index contributed by atoms with van der Waals surface area (Å²) in [5.74, 6) is -0.605. The van der Waals surface area contributed by atoms with Crippen molar-refractivity contribution in [3.8, 4) is 0 Å². The summed E-state index contributed by atoms with van der Waals surface area (Å²) in [6, 6.07) is 9.30. The van der Waals surface area contributed by atoms with Crippen molar-refractivity contribution in [2.45, 2.75) is 24.2 Å². The van der Waals surface area contributed by atoms with Crippen LogP contribution in [0.15, 0.2) is 45.8 Å². The second-order valence-electron chi connectivity index (χ2n) is 5.02. The Bertz CT molecular complexity index is 805.